The van der Waals surface area contributed by atoms with Crippen LogP contribution < -0.4 is 0 Å². The van der Waals surface area contributed by atoms with E-state index in [0.717, 1.165) is 18.4 Å². The topological polar surface area (TPSA) is 103 Å². The van der Waals surface area contributed by atoms with Gasteiger partial charge in [-0.15, -0.1) is 5.10 Å². The monoisotopic (exact) mass is 416 g/mol. The van der Waals surface area contributed by atoms with Crippen molar-refractivity contribution in [1.29, 1.82) is 0 Å². The molecule has 4 aromatic rings. The van der Waals surface area contributed by atoms with Gasteiger partial charge in [-0.1, -0.05) is 40.7 Å². The normalized spacial score (nSPS) is 16.8. The van der Waals surface area contributed by atoms with Gasteiger partial charge in [-0.3, -0.25) is 4.79 Å². The van der Waals surface area contributed by atoms with Crippen LogP contribution in [0, 0.1) is 0 Å². The van der Waals surface area contributed by atoms with Crippen molar-refractivity contribution in [3.05, 3.63) is 66.8 Å². The molecule has 31 heavy (non-hydrogen) atoms. The number of hydrogen-bond acceptors (Lipinski definition) is 7. The third-order valence-corrected chi connectivity index (χ3v) is 5.20. The van der Waals surface area contributed by atoms with Gasteiger partial charge in [-0.2, -0.15) is 4.98 Å². The van der Waals surface area contributed by atoms with Crippen LogP contribution in [-0.4, -0.2) is 49.0 Å². The molecule has 1 amide bonds. The number of carbonyl (C=O) groups excluding carboxylic acids is 1. The number of likely N-dealkylation sites (tertiary alicyclic amines) is 1. The van der Waals surface area contributed by atoms with Crippen LogP contribution in [0.2, 0.25) is 0 Å². The van der Waals surface area contributed by atoms with Crippen molar-refractivity contribution in [3.63, 3.8) is 0 Å². The van der Waals surface area contributed by atoms with Gasteiger partial charge in [0.15, 0.2) is 5.69 Å². The molecule has 156 valence electrons. The molecule has 0 aliphatic carbocycles. The van der Waals surface area contributed by atoms with Gasteiger partial charge in [0.2, 0.25) is 11.7 Å². The summed E-state index contributed by atoms with van der Waals surface area (Å²) in [4.78, 5) is 18.8. The zero-order valence-electron chi connectivity index (χ0n) is 16.7. The number of carbonyl (C=O) groups is 1. The first-order valence-corrected chi connectivity index (χ1v) is 10.1. The van der Waals surface area contributed by atoms with Gasteiger partial charge in [-0.05, 0) is 31.1 Å². The first kappa shape index (κ1) is 19.0. The molecule has 0 saturated carbocycles. The van der Waals surface area contributed by atoms with E-state index in [4.69, 9.17) is 8.94 Å². The predicted molar refractivity (Wildman–Crippen MR) is 111 cm³/mol. The van der Waals surface area contributed by atoms with Gasteiger partial charge < -0.3 is 13.8 Å². The molecule has 5 rings (SSSR count). The summed E-state index contributed by atoms with van der Waals surface area (Å²) in [5, 5.41) is 12.5. The van der Waals surface area contributed by atoms with Crippen LogP contribution >= 0.6 is 0 Å². The second kappa shape index (κ2) is 8.39. The Balaban J connectivity index is 1.27. The molecule has 1 atom stereocenters. The summed E-state index contributed by atoms with van der Waals surface area (Å²) in [5.74, 6) is 1.42. The molecule has 4 heterocycles. The van der Waals surface area contributed by atoms with Gasteiger partial charge in [0.05, 0.1) is 18.5 Å². The fraction of sp³-hybridized carbons (Fsp3) is 0.227. The molecule has 9 nitrogen and oxygen atoms in total. The lowest BCUT2D eigenvalue weighted by molar-refractivity contribution is -0.127. The molecule has 0 N–H and O–H groups in total. The number of amides is 1. The van der Waals surface area contributed by atoms with Crippen LogP contribution in [0.1, 0.15) is 24.6 Å². The number of furan rings is 1. The highest BCUT2D eigenvalue weighted by Gasteiger charge is 2.25. The van der Waals surface area contributed by atoms with E-state index in [9.17, 15) is 4.79 Å². The molecule has 1 saturated heterocycles. The summed E-state index contributed by atoms with van der Waals surface area (Å²) in [6.45, 7) is 1.27. The Hall–Kier alpha value is -4.01. The van der Waals surface area contributed by atoms with Gasteiger partial charge in [0.25, 0.3) is 5.89 Å². The highest BCUT2D eigenvalue weighted by molar-refractivity contribution is 5.91. The molecule has 1 fully saturated rings. The Bertz CT molecular complexity index is 1180. The summed E-state index contributed by atoms with van der Waals surface area (Å²) in [7, 11) is 0. The van der Waals surface area contributed by atoms with Gasteiger partial charge in [-0.25, -0.2) is 4.68 Å². The minimum atomic E-state index is -0.0501. The van der Waals surface area contributed by atoms with E-state index in [0.29, 0.717) is 36.3 Å². The quantitative estimate of drug-likeness (QED) is 0.459. The maximum atomic E-state index is 12.6. The SMILES string of the molecule is O=C(C=Cc1ccco1)N1CCCC(n2cc(-c3nc(-c4ccccc4)no3)nn2)C1. The number of rotatable bonds is 5. The van der Waals surface area contributed by atoms with E-state index in [1.54, 1.807) is 35.4 Å². The van der Waals surface area contributed by atoms with Crippen LogP contribution in [0.4, 0.5) is 0 Å². The van der Waals surface area contributed by atoms with Crippen molar-refractivity contribution in [1.82, 2.24) is 30.0 Å². The average Bonchev–Trinajstić information content (AvgIpc) is 3.59. The van der Waals surface area contributed by atoms with E-state index < -0.39 is 0 Å². The molecule has 1 aliphatic heterocycles. The molecule has 0 radical (unpaired) electrons. The minimum absolute atomic E-state index is 0.0347. The number of hydrogen-bond donors (Lipinski definition) is 0. The Labute approximate surface area is 178 Å². The third kappa shape index (κ3) is 4.16. The third-order valence-electron chi connectivity index (χ3n) is 5.20. The summed E-state index contributed by atoms with van der Waals surface area (Å²) in [5.41, 5.74) is 1.38. The molecular formula is C22H20N6O3. The minimum Gasteiger partial charge on any atom is -0.465 e. The van der Waals surface area contributed by atoms with Gasteiger partial charge in [0, 0.05) is 24.7 Å². The van der Waals surface area contributed by atoms with Crippen LogP contribution in [0.15, 0.2) is 69.9 Å². The zero-order chi connectivity index (χ0) is 21.0. The number of nitrogens with zero attached hydrogens (tertiary/aromatic N) is 6. The van der Waals surface area contributed by atoms with Crippen LogP contribution in [0.3, 0.4) is 0 Å². The molecule has 0 spiro atoms. The van der Waals surface area contributed by atoms with E-state index in [2.05, 4.69) is 20.5 Å². The van der Waals surface area contributed by atoms with Crippen molar-refractivity contribution in [2.24, 2.45) is 0 Å². The molecule has 3 aromatic heterocycles. The number of aromatic nitrogens is 5. The Morgan fingerprint density at radius 3 is 2.90 bits per heavy atom. The van der Waals surface area contributed by atoms with E-state index in [-0.39, 0.29) is 11.9 Å². The number of benzene rings is 1. The van der Waals surface area contributed by atoms with Crippen molar-refractivity contribution in [2.75, 3.05) is 13.1 Å². The average molecular weight is 416 g/mol. The molecular weight excluding hydrogens is 396 g/mol. The van der Waals surface area contributed by atoms with Gasteiger partial charge in [0.1, 0.15) is 5.76 Å². The summed E-state index contributed by atoms with van der Waals surface area (Å²) < 4.78 is 12.4. The van der Waals surface area contributed by atoms with Crippen molar-refractivity contribution < 1.29 is 13.7 Å². The van der Waals surface area contributed by atoms with Gasteiger partial charge >= 0.3 is 0 Å². The molecule has 1 unspecified atom stereocenters. The Morgan fingerprint density at radius 2 is 2.06 bits per heavy atom. The predicted octanol–water partition coefficient (Wildman–Crippen LogP) is 3.47. The smallest absolute Gasteiger partial charge is 0.280 e. The molecule has 9 heteroatoms. The first-order chi connectivity index (χ1) is 15.3. The van der Waals surface area contributed by atoms with Crippen molar-refractivity contribution in [3.8, 4) is 23.0 Å². The van der Waals surface area contributed by atoms with Crippen molar-refractivity contribution in [2.45, 2.75) is 18.9 Å². The van der Waals surface area contributed by atoms with E-state index in [1.165, 1.54) is 6.08 Å². The van der Waals surface area contributed by atoms with Crippen LogP contribution in [0.25, 0.3) is 29.0 Å². The van der Waals surface area contributed by atoms with Crippen molar-refractivity contribution >= 4 is 12.0 Å². The highest BCUT2D eigenvalue weighted by Crippen LogP contribution is 2.24. The standard InChI is InChI=1S/C22H20N6O3/c29-20(11-10-18-9-5-13-30-18)27-12-4-8-17(14-27)28-15-19(24-26-28)22-23-21(25-31-22)16-6-2-1-3-7-16/h1-3,5-7,9-11,13,15,17H,4,8,12,14H2. The molecule has 0 bridgehead atoms. The first-order valence-electron chi connectivity index (χ1n) is 10.1. The lowest BCUT2D eigenvalue weighted by atomic mass is 10.1. The Morgan fingerprint density at radius 1 is 1.16 bits per heavy atom. The number of piperidine rings is 1. The second-order valence-electron chi connectivity index (χ2n) is 7.30. The van der Waals surface area contributed by atoms with Crippen LogP contribution in [-0.2, 0) is 4.79 Å². The zero-order valence-corrected chi connectivity index (χ0v) is 16.7. The highest BCUT2D eigenvalue weighted by atomic mass is 16.5. The fourth-order valence-electron chi connectivity index (χ4n) is 3.60. The summed E-state index contributed by atoms with van der Waals surface area (Å²) >= 11 is 0. The van der Waals surface area contributed by atoms with E-state index >= 15 is 0 Å². The largest absolute Gasteiger partial charge is 0.465 e. The fourth-order valence-corrected chi connectivity index (χ4v) is 3.60. The summed E-state index contributed by atoms with van der Waals surface area (Å²) in [6, 6.07) is 13.2. The maximum Gasteiger partial charge on any atom is 0.280 e. The van der Waals surface area contributed by atoms with Crippen LogP contribution in [0.5, 0.6) is 0 Å². The molecule has 1 aliphatic rings. The lowest BCUT2D eigenvalue weighted by Gasteiger charge is -2.31. The second-order valence-corrected chi connectivity index (χ2v) is 7.30. The maximum absolute atomic E-state index is 12.6. The molecule has 1 aromatic carbocycles. The lowest BCUT2D eigenvalue weighted by Crippen LogP contribution is -2.40. The Kier molecular flexibility index (Phi) is 5.14. The summed E-state index contributed by atoms with van der Waals surface area (Å²) in [6.07, 6.45) is 8.39. The van der Waals surface area contributed by atoms with E-state index in [1.807, 2.05) is 35.2 Å².